The predicted octanol–water partition coefficient (Wildman–Crippen LogP) is 2.85. The standard InChI is InChI=1S/C21H20N2O4/c24-20(16-9-10-27-19-8-4-2-6-15(16)19)23-18(21(25)26)11-13-12-22-17-7-3-1-5-14(13)17/h1-8,12,16,18,22H,9-11H2,(H,23,24)(H,25,26)/t16-,18+/m0/s1. The topological polar surface area (TPSA) is 91.4 Å². The molecule has 4 rings (SSSR count). The molecule has 1 amide bonds. The van der Waals surface area contributed by atoms with Crippen LogP contribution in [-0.2, 0) is 16.0 Å². The lowest BCUT2D eigenvalue weighted by atomic mass is 9.92. The molecule has 0 bridgehead atoms. The third-order valence-electron chi connectivity index (χ3n) is 4.99. The Balaban J connectivity index is 1.54. The fourth-order valence-electron chi connectivity index (χ4n) is 3.61. The second-order valence-corrected chi connectivity index (χ2v) is 6.69. The summed E-state index contributed by atoms with van der Waals surface area (Å²) in [7, 11) is 0. The molecular weight excluding hydrogens is 344 g/mol. The van der Waals surface area contributed by atoms with E-state index >= 15 is 0 Å². The zero-order valence-electron chi connectivity index (χ0n) is 14.6. The predicted molar refractivity (Wildman–Crippen MR) is 101 cm³/mol. The number of nitrogens with one attached hydrogen (secondary N) is 2. The van der Waals surface area contributed by atoms with Crippen molar-refractivity contribution in [2.24, 2.45) is 0 Å². The third kappa shape index (κ3) is 3.38. The summed E-state index contributed by atoms with van der Waals surface area (Å²) < 4.78 is 5.59. The van der Waals surface area contributed by atoms with E-state index in [1.807, 2.05) is 48.5 Å². The zero-order valence-corrected chi connectivity index (χ0v) is 14.6. The van der Waals surface area contributed by atoms with Crippen LogP contribution in [0.4, 0.5) is 0 Å². The van der Waals surface area contributed by atoms with Crippen LogP contribution in [0.25, 0.3) is 10.9 Å². The Kier molecular flexibility index (Phi) is 4.54. The fraction of sp³-hybridized carbons (Fsp3) is 0.238. The number of hydrogen-bond donors (Lipinski definition) is 3. The van der Waals surface area contributed by atoms with E-state index < -0.39 is 17.9 Å². The van der Waals surface area contributed by atoms with Crippen molar-refractivity contribution in [3.05, 3.63) is 65.9 Å². The summed E-state index contributed by atoms with van der Waals surface area (Å²) in [6.07, 6.45) is 2.55. The van der Waals surface area contributed by atoms with Gasteiger partial charge in [-0.15, -0.1) is 0 Å². The molecule has 6 heteroatoms. The Bertz CT molecular complexity index is 995. The first-order valence-electron chi connectivity index (χ1n) is 8.93. The van der Waals surface area contributed by atoms with Crippen LogP contribution < -0.4 is 10.1 Å². The van der Waals surface area contributed by atoms with Crippen molar-refractivity contribution in [3.8, 4) is 5.75 Å². The van der Waals surface area contributed by atoms with Crippen LogP contribution in [0, 0.1) is 0 Å². The summed E-state index contributed by atoms with van der Waals surface area (Å²) in [5.74, 6) is -1.04. The van der Waals surface area contributed by atoms with Gasteiger partial charge in [-0.1, -0.05) is 36.4 Å². The molecule has 0 saturated heterocycles. The van der Waals surface area contributed by atoms with Crippen molar-refractivity contribution in [1.82, 2.24) is 10.3 Å². The number of ether oxygens (including phenoxy) is 1. The quantitative estimate of drug-likeness (QED) is 0.649. The Labute approximate surface area is 156 Å². The van der Waals surface area contributed by atoms with Crippen molar-refractivity contribution in [1.29, 1.82) is 0 Å². The first-order chi connectivity index (χ1) is 13.1. The summed E-state index contributed by atoms with van der Waals surface area (Å²) in [6.45, 7) is 0.440. The lowest BCUT2D eigenvalue weighted by Crippen LogP contribution is -2.45. The highest BCUT2D eigenvalue weighted by atomic mass is 16.5. The number of rotatable bonds is 5. The number of benzene rings is 2. The maximum absolute atomic E-state index is 12.8. The van der Waals surface area contributed by atoms with Crippen LogP contribution in [0.1, 0.15) is 23.5 Å². The van der Waals surface area contributed by atoms with Crippen LogP contribution in [0.3, 0.4) is 0 Å². The van der Waals surface area contributed by atoms with Crippen molar-refractivity contribution in [2.75, 3.05) is 6.61 Å². The molecule has 0 spiro atoms. The molecule has 0 saturated carbocycles. The minimum absolute atomic E-state index is 0.218. The molecule has 0 aliphatic carbocycles. The van der Waals surface area contributed by atoms with Gasteiger partial charge in [0, 0.05) is 29.1 Å². The Morgan fingerprint density at radius 3 is 2.81 bits per heavy atom. The average molecular weight is 364 g/mol. The molecule has 27 heavy (non-hydrogen) atoms. The smallest absolute Gasteiger partial charge is 0.326 e. The zero-order chi connectivity index (χ0) is 18.8. The minimum Gasteiger partial charge on any atom is -0.493 e. The third-order valence-corrected chi connectivity index (χ3v) is 4.99. The SMILES string of the molecule is O=C(N[C@H](Cc1c[nH]c2ccccc12)C(=O)O)[C@H]1CCOc2ccccc21. The molecule has 1 aliphatic heterocycles. The molecule has 0 unspecified atom stereocenters. The second kappa shape index (κ2) is 7.15. The van der Waals surface area contributed by atoms with E-state index in [9.17, 15) is 14.7 Å². The van der Waals surface area contributed by atoms with Gasteiger partial charge in [-0.2, -0.15) is 0 Å². The fourth-order valence-corrected chi connectivity index (χ4v) is 3.61. The van der Waals surface area contributed by atoms with Crippen LogP contribution in [0.5, 0.6) is 5.75 Å². The van der Waals surface area contributed by atoms with Crippen LogP contribution in [-0.4, -0.2) is 34.6 Å². The number of aromatic nitrogens is 1. The van der Waals surface area contributed by atoms with Gasteiger partial charge in [0.1, 0.15) is 11.8 Å². The molecule has 2 aromatic carbocycles. The summed E-state index contributed by atoms with van der Waals surface area (Å²) in [6, 6.07) is 14.1. The number of aliphatic carboxylic acids is 1. The molecule has 1 aliphatic rings. The number of para-hydroxylation sites is 2. The summed E-state index contributed by atoms with van der Waals surface area (Å²) in [5, 5.41) is 13.3. The molecule has 3 N–H and O–H groups in total. The highest BCUT2D eigenvalue weighted by Crippen LogP contribution is 2.33. The number of carbonyl (C=O) groups excluding carboxylic acids is 1. The van der Waals surface area contributed by atoms with Crippen LogP contribution >= 0.6 is 0 Å². The number of carboxylic acids is 1. The van der Waals surface area contributed by atoms with E-state index in [0.717, 1.165) is 22.0 Å². The second-order valence-electron chi connectivity index (χ2n) is 6.69. The number of hydrogen-bond acceptors (Lipinski definition) is 3. The molecule has 3 aromatic rings. The lowest BCUT2D eigenvalue weighted by Gasteiger charge is -2.26. The summed E-state index contributed by atoms with van der Waals surface area (Å²) in [5.41, 5.74) is 2.62. The van der Waals surface area contributed by atoms with Crippen molar-refractivity contribution >= 4 is 22.8 Å². The van der Waals surface area contributed by atoms with E-state index in [1.54, 1.807) is 6.20 Å². The Morgan fingerprint density at radius 1 is 1.19 bits per heavy atom. The van der Waals surface area contributed by atoms with Gasteiger partial charge < -0.3 is 20.1 Å². The Morgan fingerprint density at radius 2 is 1.96 bits per heavy atom. The first kappa shape index (κ1) is 17.1. The molecule has 2 heterocycles. The van der Waals surface area contributed by atoms with Gasteiger partial charge in [-0.25, -0.2) is 4.79 Å². The van der Waals surface area contributed by atoms with Gasteiger partial charge in [0.05, 0.1) is 12.5 Å². The maximum Gasteiger partial charge on any atom is 0.326 e. The number of carboxylic acid groups (broad SMARTS) is 1. The Hall–Kier alpha value is -3.28. The van der Waals surface area contributed by atoms with Gasteiger partial charge in [0.2, 0.25) is 5.91 Å². The van der Waals surface area contributed by atoms with Crippen LogP contribution in [0.15, 0.2) is 54.7 Å². The van der Waals surface area contributed by atoms with Gasteiger partial charge in [-0.05, 0) is 24.1 Å². The average Bonchev–Trinajstić information content (AvgIpc) is 3.10. The van der Waals surface area contributed by atoms with Crippen molar-refractivity contribution < 1.29 is 19.4 Å². The van der Waals surface area contributed by atoms with Gasteiger partial charge in [-0.3, -0.25) is 4.79 Å². The molecule has 2 atom stereocenters. The number of amides is 1. The number of H-pyrrole nitrogens is 1. The largest absolute Gasteiger partial charge is 0.493 e. The number of aromatic amines is 1. The van der Waals surface area contributed by atoms with Gasteiger partial charge in [0.25, 0.3) is 0 Å². The van der Waals surface area contributed by atoms with E-state index in [1.165, 1.54) is 0 Å². The minimum atomic E-state index is -1.05. The maximum atomic E-state index is 12.8. The van der Waals surface area contributed by atoms with Gasteiger partial charge >= 0.3 is 5.97 Å². The molecule has 0 fully saturated rings. The van der Waals surface area contributed by atoms with Crippen molar-refractivity contribution in [3.63, 3.8) is 0 Å². The first-order valence-corrected chi connectivity index (χ1v) is 8.93. The van der Waals surface area contributed by atoms with E-state index in [0.29, 0.717) is 18.8 Å². The van der Waals surface area contributed by atoms with E-state index in [2.05, 4.69) is 10.3 Å². The number of fused-ring (bicyclic) bond motifs is 2. The molecule has 0 radical (unpaired) electrons. The monoisotopic (exact) mass is 364 g/mol. The number of carbonyl (C=O) groups is 2. The van der Waals surface area contributed by atoms with Crippen LogP contribution in [0.2, 0.25) is 0 Å². The molecule has 1 aromatic heterocycles. The highest BCUT2D eigenvalue weighted by Gasteiger charge is 2.30. The molecule has 138 valence electrons. The normalized spacial score (nSPS) is 17.0. The van der Waals surface area contributed by atoms with E-state index in [4.69, 9.17) is 4.74 Å². The van der Waals surface area contributed by atoms with Gasteiger partial charge in [0.15, 0.2) is 0 Å². The lowest BCUT2D eigenvalue weighted by molar-refractivity contribution is -0.142. The molecule has 6 nitrogen and oxygen atoms in total. The highest BCUT2D eigenvalue weighted by molar-refractivity contribution is 5.90. The summed E-state index contributed by atoms with van der Waals surface area (Å²) in [4.78, 5) is 27.7. The molecular formula is C21H20N2O4. The summed E-state index contributed by atoms with van der Waals surface area (Å²) >= 11 is 0. The van der Waals surface area contributed by atoms with E-state index in [-0.39, 0.29) is 12.3 Å². The van der Waals surface area contributed by atoms with Crippen molar-refractivity contribution in [2.45, 2.75) is 24.8 Å².